The predicted molar refractivity (Wildman–Crippen MR) is 92.7 cm³/mol. The van der Waals surface area contributed by atoms with Crippen molar-refractivity contribution in [2.75, 3.05) is 12.0 Å². The van der Waals surface area contributed by atoms with Crippen molar-refractivity contribution < 1.29 is 22.7 Å². The minimum absolute atomic E-state index is 0.0380. The zero-order valence-electron chi connectivity index (χ0n) is 13.5. The fraction of sp³-hybridized carbons (Fsp3) is 0.267. The molecule has 2 rings (SSSR count). The number of halogens is 2. The summed E-state index contributed by atoms with van der Waals surface area (Å²) < 4.78 is 37.7. The van der Waals surface area contributed by atoms with Gasteiger partial charge in [0.05, 0.1) is 16.3 Å². The number of aromatic nitrogens is 2. The summed E-state index contributed by atoms with van der Waals surface area (Å²) in [5.41, 5.74) is -2.14. The van der Waals surface area contributed by atoms with Crippen molar-refractivity contribution in [3.8, 4) is 11.1 Å². The molecule has 26 heavy (non-hydrogen) atoms. The maximum Gasteiger partial charge on any atom is 0.331 e. The van der Waals surface area contributed by atoms with Gasteiger partial charge in [0.15, 0.2) is 0 Å². The number of carboxylic acid groups (broad SMARTS) is 1. The molecule has 0 bridgehead atoms. The molecule has 0 fully saturated rings. The van der Waals surface area contributed by atoms with Crippen LogP contribution < -0.4 is 11.2 Å². The molecule has 0 aliphatic carbocycles. The van der Waals surface area contributed by atoms with Gasteiger partial charge >= 0.3 is 11.7 Å². The molecular weight excluding hydrogens is 391 g/mol. The Morgan fingerprint density at radius 2 is 1.92 bits per heavy atom. The first-order valence-corrected chi connectivity index (χ1v) is 9.63. The lowest BCUT2D eigenvalue weighted by molar-refractivity contribution is -0.137. The van der Waals surface area contributed by atoms with Gasteiger partial charge in [-0.25, -0.2) is 17.6 Å². The molecule has 0 atom stereocenters. The molecule has 1 heterocycles. The van der Waals surface area contributed by atoms with Crippen molar-refractivity contribution >= 4 is 27.4 Å². The second-order valence-electron chi connectivity index (χ2n) is 5.54. The van der Waals surface area contributed by atoms with Gasteiger partial charge in [-0.2, -0.15) is 0 Å². The van der Waals surface area contributed by atoms with Gasteiger partial charge in [-0.15, -0.1) is 0 Å². The van der Waals surface area contributed by atoms with Crippen molar-refractivity contribution in [1.29, 1.82) is 0 Å². The number of aliphatic carboxylic acids is 1. The van der Waals surface area contributed by atoms with Crippen LogP contribution in [0.5, 0.6) is 0 Å². The van der Waals surface area contributed by atoms with Crippen LogP contribution in [0.4, 0.5) is 4.39 Å². The third-order valence-electron chi connectivity index (χ3n) is 3.47. The third-order valence-corrected chi connectivity index (χ3v) is 4.78. The number of rotatable bonds is 6. The van der Waals surface area contributed by atoms with Crippen LogP contribution in [-0.4, -0.2) is 40.6 Å². The molecule has 0 aliphatic rings. The molecule has 1 aromatic carbocycles. The Balaban J connectivity index is 2.76. The fourth-order valence-electron chi connectivity index (χ4n) is 2.26. The molecule has 0 unspecified atom stereocenters. The highest BCUT2D eigenvalue weighted by Gasteiger charge is 2.18. The van der Waals surface area contributed by atoms with Crippen LogP contribution in [0.1, 0.15) is 0 Å². The Morgan fingerprint density at radius 3 is 2.50 bits per heavy atom. The van der Waals surface area contributed by atoms with E-state index < -0.39 is 51.7 Å². The molecule has 0 amide bonds. The third kappa shape index (κ3) is 4.38. The monoisotopic (exact) mass is 404 g/mol. The molecule has 0 saturated carbocycles. The molecule has 0 aliphatic heterocycles. The number of benzene rings is 1. The van der Waals surface area contributed by atoms with Gasteiger partial charge in [0.2, 0.25) is 0 Å². The summed E-state index contributed by atoms with van der Waals surface area (Å²) in [6.07, 6.45) is 1.90. The van der Waals surface area contributed by atoms with E-state index in [9.17, 15) is 27.2 Å². The second kappa shape index (κ2) is 7.42. The first-order chi connectivity index (χ1) is 12.0. The van der Waals surface area contributed by atoms with E-state index in [1.165, 1.54) is 12.1 Å². The maximum absolute atomic E-state index is 13.7. The Bertz CT molecular complexity index is 1090. The summed E-state index contributed by atoms with van der Waals surface area (Å²) in [5.74, 6) is -2.66. The SMILES string of the molecule is CS(=O)(=O)CCn1c(=O)c(-c2cccc(F)c2Cl)cn(CC(=O)O)c1=O. The zero-order chi connectivity index (χ0) is 19.6. The number of carboxylic acids is 1. The lowest BCUT2D eigenvalue weighted by atomic mass is 10.1. The van der Waals surface area contributed by atoms with Crippen LogP contribution >= 0.6 is 11.6 Å². The first kappa shape index (κ1) is 19.9. The molecule has 140 valence electrons. The molecule has 0 saturated heterocycles. The zero-order valence-corrected chi connectivity index (χ0v) is 15.1. The van der Waals surface area contributed by atoms with Crippen LogP contribution in [-0.2, 0) is 27.7 Å². The smallest absolute Gasteiger partial charge is 0.331 e. The molecule has 1 aromatic heterocycles. The van der Waals surface area contributed by atoms with Gasteiger partial charge in [0.25, 0.3) is 5.56 Å². The van der Waals surface area contributed by atoms with Crippen molar-refractivity contribution in [3.63, 3.8) is 0 Å². The van der Waals surface area contributed by atoms with Crippen LogP contribution in [0, 0.1) is 5.82 Å². The highest BCUT2D eigenvalue weighted by atomic mass is 35.5. The fourth-order valence-corrected chi connectivity index (χ4v) is 3.01. The lowest BCUT2D eigenvalue weighted by Gasteiger charge is -2.13. The molecule has 0 radical (unpaired) electrons. The normalized spacial score (nSPS) is 11.5. The van der Waals surface area contributed by atoms with Gasteiger partial charge in [-0.3, -0.25) is 18.7 Å². The topological polar surface area (TPSA) is 115 Å². The molecule has 2 aromatic rings. The van der Waals surface area contributed by atoms with E-state index in [0.717, 1.165) is 23.1 Å². The van der Waals surface area contributed by atoms with Crippen molar-refractivity contribution in [2.45, 2.75) is 13.1 Å². The standard InChI is InChI=1S/C15H14ClFN2O6S/c1-26(24,25)6-5-19-14(22)10(7-18(15(19)23)8-12(20)21)9-3-2-4-11(17)13(9)16/h2-4,7H,5-6,8H2,1H3,(H,20,21). The Labute approximate surface area is 152 Å². The lowest BCUT2D eigenvalue weighted by Crippen LogP contribution is -2.42. The van der Waals surface area contributed by atoms with E-state index in [4.69, 9.17) is 16.7 Å². The van der Waals surface area contributed by atoms with Gasteiger partial charge in [-0.05, 0) is 6.07 Å². The molecule has 0 spiro atoms. The second-order valence-corrected chi connectivity index (χ2v) is 8.17. The summed E-state index contributed by atoms with van der Waals surface area (Å²) in [4.78, 5) is 35.9. The van der Waals surface area contributed by atoms with Crippen molar-refractivity contribution in [2.24, 2.45) is 0 Å². The highest BCUT2D eigenvalue weighted by Crippen LogP contribution is 2.27. The summed E-state index contributed by atoms with van der Waals surface area (Å²) >= 11 is 5.88. The summed E-state index contributed by atoms with van der Waals surface area (Å²) in [7, 11) is -3.49. The maximum atomic E-state index is 13.7. The molecule has 11 heteroatoms. The van der Waals surface area contributed by atoms with Gasteiger partial charge in [0.1, 0.15) is 22.2 Å². The average Bonchev–Trinajstić information content (AvgIpc) is 2.51. The summed E-state index contributed by atoms with van der Waals surface area (Å²) in [5, 5.41) is 8.57. The quantitative estimate of drug-likeness (QED) is 0.753. The van der Waals surface area contributed by atoms with Crippen LogP contribution in [0.2, 0.25) is 5.02 Å². The Hall–Kier alpha value is -2.46. The van der Waals surface area contributed by atoms with Crippen molar-refractivity contribution in [3.05, 3.63) is 56.1 Å². The van der Waals surface area contributed by atoms with E-state index in [0.29, 0.717) is 4.57 Å². The van der Waals surface area contributed by atoms with E-state index >= 15 is 0 Å². The molecule has 8 nitrogen and oxygen atoms in total. The first-order valence-electron chi connectivity index (χ1n) is 7.19. The number of sulfone groups is 1. The van der Waals surface area contributed by atoms with Gasteiger partial charge < -0.3 is 5.11 Å². The van der Waals surface area contributed by atoms with Crippen LogP contribution in [0.3, 0.4) is 0 Å². The molecule has 1 N–H and O–H groups in total. The Kier molecular flexibility index (Phi) is 5.67. The van der Waals surface area contributed by atoms with Gasteiger partial charge in [-0.1, -0.05) is 23.7 Å². The number of hydrogen-bond donors (Lipinski definition) is 1. The van der Waals surface area contributed by atoms with Crippen LogP contribution in [0.25, 0.3) is 11.1 Å². The minimum atomic E-state index is -3.49. The number of carbonyl (C=O) groups is 1. The highest BCUT2D eigenvalue weighted by molar-refractivity contribution is 7.90. The minimum Gasteiger partial charge on any atom is -0.480 e. The Morgan fingerprint density at radius 1 is 1.27 bits per heavy atom. The average molecular weight is 405 g/mol. The largest absolute Gasteiger partial charge is 0.480 e. The van der Waals surface area contributed by atoms with E-state index in [2.05, 4.69) is 0 Å². The van der Waals surface area contributed by atoms with Crippen molar-refractivity contribution in [1.82, 2.24) is 9.13 Å². The summed E-state index contributed by atoms with van der Waals surface area (Å²) in [6.45, 7) is -1.24. The van der Waals surface area contributed by atoms with Gasteiger partial charge in [0, 0.05) is 24.6 Å². The van der Waals surface area contributed by atoms with E-state index in [1.807, 2.05) is 0 Å². The predicted octanol–water partition coefficient (Wildman–Crippen LogP) is 0.599. The van der Waals surface area contributed by atoms with E-state index in [1.54, 1.807) is 0 Å². The number of hydrogen-bond acceptors (Lipinski definition) is 5. The van der Waals surface area contributed by atoms with Crippen LogP contribution in [0.15, 0.2) is 34.0 Å². The molecular formula is C15H14ClFN2O6S. The van der Waals surface area contributed by atoms with E-state index in [-0.39, 0.29) is 16.1 Å². The summed E-state index contributed by atoms with van der Waals surface area (Å²) in [6, 6.07) is 3.70. The number of nitrogens with zero attached hydrogens (tertiary/aromatic N) is 2.